The first-order chi connectivity index (χ1) is 19.4. The Kier molecular flexibility index (Phi) is 5.57. The summed E-state index contributed by atoms with van der Waals surface area (Å²) in [4.78, 5) is 57.9. The molecule has 0 radical (unpaired) electrons. The van der Waals surface area contributed by atoms with Crippen LogP contribution in [0.1, 0.15) is 53.4 Å². The standard InChI is InChI=1S/C34H34N2O4/c1-5-17(6-2)35-31(37)23-13-9-19-21-11-15-25-30-26(34(40)36(33(25)39)18(7-3)8-4)16-12-22(28(21)30)20-10-14-24(32(35)38)29(23)27(19)20/h9-19,27-28,30H,5-8H2,1-4H3. The van der Waals surface area contributed by atoms with Crippen molar-refractivity contribution in [2.24, 2.45) is 23.7 Å². The molecule has 1 saturated carbocycles. The van der Waals surface area contributed by atoms with Crippen molar-refractivity contribution in [1.29, 1.82) is 0 Å². The molecule has 6 heteroatoms. The minimum Gasteiger partial charge on any atom is -0.272 e. The predicted molar refractivity (Wildman–Crippen MR) is 151 cm³/mol. The lowest BCUT2D eigenvalue weighted by molar-refractivity contribution is -0.146. The number of hydrogen-bond donors (Lipinski definition) is 0. The Labute approximate surface area is 234 Å². The van der Waals surface area contributed by atoms with Crippen LogP contribution in [0.2, 0.25) is 0 Å². The molecule has 0 aromatic rings. The van der Waals surface area contributed by atoms with Crippen LogP contribution in [0.3, 0.4) is 0 Å². The van der Waals surface area contributed by atoms with E-state index >= 15 is 0 Å². The van der Waals surface area contributed by atoms with Crippen molar-refractivity contribution in [3.8, 4) is 0 Å². The molecule has 0 spiro atoms. The van der Waals surface area contributed by atoms with Crippen molar-refractivity contribution in [1.82, 2.24) is 9.80 Å². The average Bonchev–Trinajstić information content (AvgIpc) is 2.98. The minimum absolute atomic E-state index is 0.0458. The van der Waals surface area contributed by atoms with Crippen LogP contribution >= 0.6 is 0 Å². The third kappa shape index (κ3) is 2.99. The Morgan fingerprint density at radius 1 is 0.600 bits per heavy atom. The second-order valence-electron chi connectivity index (χ2n) is 11.8. The summed E-state index contributed by atoms with van der Waals surface area (Å²) < 4.78 is 0. The Morgan fingerprint density at radius 3 is 1.75 bits per heavy atom. The summed E-state index contributed by atoms with van der Waals surface area (Å²) in [5, 5.41) is 0. The summed E-state index contributed by atoms with van der Waals surface area (Å²) in [6.45, 7) is 8.06. The maximum atomic E-state index is 13.8. The maximum absolute atomic E-state index is 13.8. The van der Waals surface area contributed by atoms with Gasteiger partial charge in [-0.2, -0.15) is 0 Å². The van der Waals surface area contributed by atoms with Gasteiger partial charge in [-0.15, -0.1) is 0 Å². The van der Waals surface area contributed by atoms with E-state index in [1.54, 1.807) is 0 Å². The number of carbonyl (C=O) groups excluding carboxylic acids is 4. The molecule has 4 unspecified atom stereocenters. The first kappa shape index (κ1) is 25.2. The highest BCUT2D eigenvalue weighted by atomic mass is 16.2. The second kappa shape index (κ2) is 8.85. The lowest BCUT2D eigenvalue weighted by Crippen LogP contribution is -2.55. The lowest BCUT2D eigenvalue weighted by Gasteiger charge is -2.53. The number of amides is 4. The third-order valence-corrected chi connectivity index (χ3v) is 10.2. The van der Waals surface area contributed by atoms with Crippen LogP contribution in [0.5, 0.6) is 0 Å². The molecule has 204 valence electrons. The summed E-state index contributed by atoms with van der Waals surface area (Å²) >= 11 is 0. The van der Waals surface area contributed by atoms with Crippen molar-refractivity contribution in [3.05, 3.63) is 93.2 Å². The molecule has 5 aliphatic carbocycles. The van der Waals surface area contributed by atoms with Gasteiger partial charge in [0.1, 0.15) is 0 Å². The van der Waals surface area contributed by atoms with E-state index in [4.69, 9.17) is 0 Å². The van der Waals surface area contributed by atoms with Gasteiger partial charge in [0.05, 0.1) is 0 Å². The van der Waals surface area contributed by atoms with Crippen molar-refractivity contribution >= 4 is 23.6 Å². The number of nitrogens with zero attached hydrogens (tertiary/aromatic N) is 2. The van der Waals surface area contributed by atoms with Crippen molar-refractivity contribution in [2.45, 2.75) is 65.5 Å². The molecular weight excluding hydrogens is 500 g/mol. The van der Waals surface area contributed by atoms with E-state index in [1.807, 2.05) is 52.0 Å². The smallest absolute Gasteiger partial charge is 0.261 e. The molecule has 6 nitrogen and oxygen atoms in total. The normalized spacial score (nSPS) is 29.6. The number of rotatable bonds is 6. The largest absolute Gasteiger partial charge is 0.272 e. The molecule has 4 amide bonds. The number of imide groups is 2. The fourth-order valence-electron chi connectivity index (χ4n) is 8.28. The zero-order chi connectivity index (χ0) is 28.0. The molecule has 2 aliphatic heterocycles. The molecule has 0 bridgehead atoms. The molecule has 40 heavy (non-hydrogen) atoms. The molecule has 7 aliphatic rings. The fraction of sp³-hybridized carbons (Fsp3) is 0.412. The van der Waals surface area contributed by atoms with Gasteiger partial charge in [0.15, 0.2) is 0 Å². The highest BCUT2D eigenvalue weighted by Crippen LogP contribution is 2.61. The van der Waals surface area contributed by atoms with Crippen LogP contribution < -0.4 is 0 Å². The van der Waals surface area contributed by atoms with E-state index < -0.39 is 0 Å². The van der Waals surface area contributed by atoms with E-state index in [2.05, 4.69) is 24.3 Å². The van der Waals surface area contributed by atoms with E-state index in [1.165, 1.54) is 9.80 Å². The van der Waals surface area contributed by atoms with Gasteiger partial charge in [0, 0.05) is 58.0 Å². The molecule has 0 N–H and O–H groups in total. The van der Waals surface area contributed by atoms with Crippen LogP contribution in [0.25, 0.3) is 0 Å². The molecule has 4 atom stereocenters. The summed E-state index contributed by atoms with van der Waals surface area (Å²) in [5.41, 5.74) is 6.77. The fourth-order valence-corrected chi connectivity index (χ4v) is 8.28. The summed E-state index contributed by atoms with van der Waals surface area (Å²) in [5.74, 6) is -1.34. The summed E-state index contributed by atoms with van der Waals surface area (Å²) in [6, 6.07) is -0.246. The lowest BCUT2D eigenvalue weighted by atomic mass is 9.52. The summed E-state index contributed by atoms with van der Waals surface area (Å²) in [6.07, 6.45) is 18.8. The summed E-state index contributed by atoms with van der Waals surface area (Å²) in [7, 11) is 0. The van der Waals surface area contributed by atoms with Crippen molar-refractivity contribution in [2.75, 3.05) is 0 Å². The molecule has 1 saturated heterocycles. The molecule has 2 heterocycles. The van der Waals surface area contributed by atoms with E-state index in [9.17, 15) is 19.2 Å². The number of carbonyl (C=O) groups is 4. The SMILES string of the molecule is CCC(CC)N1C(=O)C2=CC=C3C4=CC=C5C(=O)N(C(CC)CC)C(=O)C6=C5C4C(C=C6)C4=CC=C(C1=O)C2C34. The van der Waals surface area contributed by atoms with Crippen LogP contribution in [0.15, 0.2) is 93.2 Å². The molecule has 0 aromatic heterocycles. The maximum Gasteiger partial charge on any atom is 0.261 e. The first-order valence-electron chi connectivity index (χ1n) is 14.8. The Balaban J connectivity index is 1.39. The van der Waals surface area contributed by atoms with Crippen molar-refractivity contribution in [3.63, 3.8) is 0 Å². The van der Waals surface area contributed by atoms with Crippen LogP contribution in [0.4, 0.5) is 0 Å². The number of likely N-dealkylation sites (tertiary alicyclic amines) is 1. The van der Waals surface area contributed by atoms with Crippen LogP contribution in [-0.2, 0) is 19.2 Å². The zero-order valence-electron chi connectivity index (χ0n) is 23.4. The van der Waals surface area contributed by atoms with E-state index in [0.717, 1.165) is 48.0 Å². The number of fused-ring (bicyclic) bond motifs is 2. The zero-order valence-corrected chi connectivity index (χ0v) is 23.4. The topological polar surface area (TPSA) is 74.8 Å². The minimum atomic E-state index is -0.304. The predicted octanol–water partition coefficient (Wildman–Crippen LogP) is 5.05. The molecule has 7 rings (SSSR count). The van der Waals surface area contributed by atoms with Gasteiger partial charge < -0.3 is 0 Å². The average molecular weight is 535 g/mol. The molecule has 0 aromatic carbocycles. The third-order valence-electron chi connectivity index (χ3n) is 10.2. The van der Waals surface area contributed by atoms with Gasteiger partial charge in [-0.3, -0.25) is 29.0 Å². The van der Waals surface area contributed by atoms with Gasteiger partial charge in [0.2, 0.25) is 0 Å². The van der Waals surface area contributed by atoms with Crippen LogP contribution in [0, 0.1) is 23.7 Å². The number of hydrogen-bond acceptors (Lipinski definition) is 4. The Morgan fingerprint density at radius 2 is 1.12 bits per heavy atom. The molecule has 2 fully saturated rings. The van der Waals surface area contributed by atoms with Crippen molar-refractivity contribution < 1.29 is 19.2 Å². The van der Waals surface area contributed by atoms with E-state index in [-0.39, 0.29) is 59.4 Å². The second-order valence-corrected chi connectivity index (χ2v) is 11.8. The van der Waals surface area contributed by atoms with Gasteiger partial charge >= 0.3 is 0 Å². The van der Waals surface area contributed by atoms with Gasteiger partial charge in [-0.05, 0) is 48.5 Å². The van der Waals surface area contributed by atoms with Crippen LogP contribution in [-0.4, -0.2) is 45.5 Å². The number of piperidine rings is 1. The van der Waals surface area contributed by atoms with E-state index in [0.29, 0.717) is 22.3 Å². The van der Waals surface area contributed by atoms with Gasteiger partial charge in [-0.1, -0.05) is 75.8 Å². The quantitative estimate of drug-likeness (QED) is 0.447. The highest BCUT2D eigenvalue weighted by Gasteiger charge is 2.56. The first-order valence-corrected chi connectivity index (χ1v) is 14.8. The monoisotopic (exact) mass is 534 g/mol. The number of allylic oxidation sites excluding steroid dienone is 10. The Hall–Kier alpha value is -3.80. The van der Waals surface area contributed by atoms with Gasteiger partial charge in [0.25, 0.3) is 23.6 Å². The van der Waals surface area contributed by atoms with Gasteiger partial charge in [-0.25, -0.2) is 0 Å². The molecular formula is C34H34N2O4. The Bertz CT molecular complexity index is 1550. The highest BCUT2D eigenvalue weighted by molar-refractivity contribution is 6.19.